The molecule has 2 N–H and O–H groups in total. The molecule has 0 saturated heterocycles. The standard InChI is InChI=1S/C12H20N2O3.ClH/c1-10(6-5-7-11(13)15)12(16)17-9-8-14(2,3)4;/h5,7H,1,6,8-9H2,2-4H3,(H-,13,15);1H. The summed E-state index contributed by atoms with van der Waals surface area (Å²) in [6, 6.07) is 0. The zero-order valence-corrected chi connectivity index (χ0v) is 11.9. The van der Waals surface area contributed by atoms with Gasteiger partial charge in [-0.2, -0.15) is 0 Å². The van der Waals surface area contributed by atoms with Gasteiger partial charge in [-0.15, -0.1) is 0 Å². The average molecular weight is 277 g/mol. The summed E-state index contributed by atoms with van der Waals surface area (Å²) in [5.74, 6) is -0.983. The Balaban J connectivity index is 0. The van der Waals surface area contributed by atoms with Crippen molar-refractivity contribution in [2.45, 2.75) is 6.42 Å². The van der Waals surface area contributed by atoms with Crippen molar-refractivity contribution in [2.24, 2.45) is 5.73 Å². The van der Waals surface area contributed by atoms with E-state index in [4.69, 9.17) is 10.5 Å². The lowest BCUT2D eigenvalue weighted by Crippen LogP contribution is -3.00. The Bertz CT molecular complexity index is 333. The Morgan fingerprint density at radius 2 is 1.89 bits per heavy atom. The van der Waals surface area contributed by atoms with E-state index in [1.807, 2.05) is 21.1 Å². The molecule has 0 rings (SSSR count). The highest BCUT2D eigenvalue weighted by Crippen LogP contribution is 2.02. The van der Waals surface area contributed by atoms with Crippen LogP contribution in [0.25, 0.3) is 0 Å². The van der Waals surface area contributed by atoms with E-state index in [9.17, 15) is 9.59 Å². The first-order valence-corrected chi connectivity index (χ1v) is 5.33. The molecule has 0 aromatic heterocycles. The largest absolute Gasteiger partial charge is 1.00 e. The number of ether oxygens (including phenoxy) is 1. The minimum absolute atomic E-state index is 0. The van der Waals surface area contributed by atoms with Crippen LogP contribution in [0, 0.1) is 0 Å². The molecule has 0 bridgehead atoms. The normalized spacial score (nSPS) is 10.8. The number of carbonyl (C=O) groups excluding carboxylic acids is 2. The molecule has 0 aromatic rings. The monoisotopic (exact) mass is 276 g/mol. The van der Waals surface area contributed by atoms with Crippen LogP contribution in [0.15, 0.2) is 24.3 Å². The number of halogens is 1. The Morgan fingerprint density at radius 1 is 1.33 bits per heavy atom. The Morgan fingerprint density at radius 3 is 2.33 bits per heavy atom. The third-order valence-electron chi connectivity index (χ3n) is 1.93. The molecule has 6 heteroatoms. The summed E-state index contributed by atoms with van der Waals surface area (Å²) in [6.45, 7) is 4.66. The predicted octanol–water partition coefficient (Wildman–Crippen LogP) is -2.77. The smallest absolute Gasteiger partial charge is 0.333 e. The van der Waals surface area contributed by atoms with E-state index in [1.54, 1.807) is 0 Å². The van der Waals surface area contributed by atoms with E-state index in [2.05, 4.69) is 6.58 Å². The highest BCUT2D eigenvalue weighted by atomic mass is 35.5. The molecule has 0 heterocycles. The van der Waals surface area contributed by atoms with E-state index in [0.29, 0.717) is 12.2 Å². The summed E-state index contributed by atoms with van der Waals surface area (Å²) in [5, 5.41) is 0. The zero-order chi connectivity index (χ0) is 13.5. The molecule has 104 valence electrons. The first-order chi connectivity index (χ1) is 7.72. The van der Waals surface area contributed by atoms with Crippen LogP contribution in [0.2, 0.25) is 0 Å². The number of primary amides is 1. The van der Waals surface area contributed by atoms with Crippen molar-refractivity contribution in [2.75, 3.05) is 34.3 Å². The number of esters is 1. The lowest BCUT2D eigenvalue weighted by Gasteiger charge is -2.23. The number of hydrogen-bond acceptors (Lipinski definition) is 3. The second-order valence-corrected chi connectivity index (χ2v) is 4.76. The number of quaternary nitrogens is 1. The highest BCUT2D eigenvalue weighted by molar-refractivity contribution is 5.89. The molecule has 0 radical (unpaired) electrons. The van der Waals surface area contributed by atoms with Gasteiger partial charge in [0.15, 0.2) is 0 Å². The van der Waals surface area contributed by atoms with Gasteiger partial charge in [0.2, 0.25) is 5.91 Å². The van der Waals surface area contributed by atoms with E-state index in [-0.39, 0.29) is 18.8 Å². The summed E-state index contributed by atoms with van der Waals surface area (Å²) in [5.41, 5.74) is 5.22. The first-order valence-electron chi connectivity index (χ1n) is 5.33. The van der Waals surface area contributed by atoms with E-state index >= 15 is 0 Å². The van der Waals surface area contributed by atoms with Crippen molar-refractivity contribution in [1.82, 2.24) is 0 Å². The second-order valence-electron chi connectivity index (χ2n) is 4.76. The summed E-state index contributed by atoms with van der Waals surface area (Å²) in [7, 11) is 6.04. The number of likely N-dealkylation sites (N-methyl/N-ethyl adjacent to an activating group) is 1. The summed E-state index contributed by atoms with van der Waals surface area (Å²) < 4.78 is 5.76. The summed E-state index contributed by atoms with van der Waals surface area (Å²) in [6.07, 6.45) is 2.96. The highest BCUT2D eigenvalue weighted by Gasteiger charge is 2.11. The molecule has 0 fully saturated rings. The van der Waals surface area contributed by atoms with E-state index in [0.717, 1.165) is 11.0 Å². The fourth-order valence-corrected chi connectivity index (χ4v) is 0.915. The number of carbonyl (C=O) groups is 2. The van der Waals surface area contributed by atoms with Crippen LogP contribution < -0.4 is 18.1 Å². The Labute approximate surface area is 114 Å². The van der Waals surface area contributed by atoms with Crippen LogP contribution in [0.3, 0.4) is 0 Å². The first kappa shape index (κ1) is 19.0. The molecule has 0 aliphatic carbocycles. The van der Waals surface area contributed by atoms with E-state index < -0.39 is 11.9 Å². The number of allylic oxidation sites excluding steroid dienone is 1. The molecule has 0 saturated carbocycles. The lowest BCUT2D eigenvalue weighted by atomic mass is 10.2. The van der Waals surface area contributed by atoms with Crippen molar-refractivity contribution < 1.29 is 31.2 Å². The van der Waals surface area contributed by atoms with Gasteiger partial charge < -0.3 is 27.4 Å². The molecule has 5 nitrogen and oxygen atoms in total. The van der Waals surface area contributed by atoms with Crippen LogP contribution in [-0.4, -0.2) is 50.7 Å². The van der Waals surface area contributed by atoms with E-state index in [1.165, 1.54) is 12.2 Å². The minimum Gasteiger partial charge on any atom is -1.00 e. The quantitative estimate of drug-likeness (QED) is 0.311. The number of nitrogens with two attached hydrogens (primary N) is 1. The maximum atomic E-state index is 11.4. The van der Waals surface area contributed by atoms with Crippen LogP contribution in [0.4, 0.5) is 0 Å². The number of nitrogens with zero attached hydrogens (tertiary/aromatic N) is 1. The van der Waals surface area contributed by atoms with Crippen LogP contribution >= 0.6 is 0 Å². The topological polar surface area (TPSA) is 69.4 Å². The van der Waals surface area contributed by atoms with Gasteiger partial charge in [0, 0.05) is 5.57 Å². The van der Waals surface area contributed by atoms with Gasteiger partial charge >= 0.3 is 5.97 Å². The number of amides is 1. The maximum absolute atomic E-state index is 11.4. The lowest BCUT2D eigenvalue weighted by molar-refractivity contribution is -0.870. The molecule has 18 heavy (non-hydrogen) atoms. The minimum atomic E-state index is -0.545. The summed E-state index contributed by atoms with van der Waals surface area (Å²) in [4.78, 5) is 21.8. The average Bonchev–Trinajstić information content (AvgIpc) is 2.14. The van der Waals surface area contributed by atoms with Gasteiger partial charge in [0.1, 0.15) is 13.2 Å². The van der Waals surface area contributed by atoms with Crippen LogP contribution in [0.5, 0.6) is 0 Å². The molecule has 0 unspecified atom stereocenters. The van der Waals surface area contributed by atoms with Crippen molar-refractivity contribution >= 4 is 11.9 Å². The summed E-state index contributed by atoms with van der Waals surface area (Å²) >= 11 is 0. The van der Waals surface area contributed by atoms with Crippen molar-refractivity contribution in [3.8, 4) is 0 Å². The molecule has 0 aromatic carbocycles. The fraction of sp³-hybridized carbons (Fsp3) is 0.500. The maximum Gasteiger partial charge on any atom is 0.333 e. The second kappa shape index (κ2) is 8.72. The third-order valence-corrected chi connectivity index (χ3v) is 1.93. The molecule has 0 atom stereocenters. The molecule has 1 amide bonds. The molecule has 0 spiro atoms. The Hall–Kier alpha value is -1.33. The zero-order valence-electron chi connectivity index (χ0n) is 11.1. The number of rotatable bonds is 7. The van der Waals surface area contributed by atoms with Crippen molar-refractivity contribution in [1.29, 1.82) is 0 Å². The predicted molar refractivity (Wildman–Crippen MR) is 65.9 cm³/mol. The molecule has 0 aliphatic rings. The van der Waals surface area contributed by atoms with Crippen molar-refractivity contribution in [3.63, 3.8) is 0 Å². The van der Waals surface area contributed by atoms with Crippen molar-refractivity contribution in [3.05, 3.63) is 24.3 Å². The fourth-order valence-electron chi connectivity index (χ4n) is 0.915. The molecule has 0 aliphatic heterocycles. The third kappa shape index (κ3) is 11.2. The molecular formula is C12H21ClN2O3. The van der Waals surface area contributed by atoms with Crippen LogP contribution in [0.1, 0.15) is 6.42 Å². The van der Waals surface area contributed by atoms with Gasteiger partial charge in [0.05, 0.1) is 21.1 Å². The SMILES string of the molecule is C=C(CC=CC(N)=O)C(=O)OCC[N+](C)(C)C.[Cl-]. The molecular weight excluding hydrogens is 256 g/mol. The van der Waals surface area contributed by atoms with Gasteiger partial charge in [-0.1, -0.05) is 12.7 Å². The van der Waals surface area contributed by atoms with Gasteiger partial charge in [0.25, 0.3) is 0 Å². The van der Waals surface area contributed by atoms with Gasteiger partial charge in [-0.05, 0) is 12.5 Å². The Kier molecular flexibility index (Phi) is 9.21. The van der Waals surface area contributed by atoms with Gasteiger partial charge in [-0.3, -0.25) is 4.79 Å². The van der Waals surface area contributed by atoms with Crippen LogP contribution in [-0.2, 0) is 14.3 Å². The van der Waals surface area contributed by atoms with Gasteiger partial charge in [-0.25, -0.2) is 4.79 Å². The number of hydrogen-bond donors (Lipinski definition) is 1.